The van der Waals surface area contributed by atoms with Crippen molar-refractivity contribution in [2.45, 2.75) is 25.4 Å². The molecule has 0 aliphatic carbocycles. The Hall–Kier alpha value is -1.20. The second-order valence-corrected chi connectivity index (χ2v) is 6.11. The SMILES string of the molecule is O=C1COc2ccc(CNC3CCCSC3)cc2N1. The molecular formula is C14H18N2O2S. The van der Waals surface area contributed by atoms with Gasteiger partial charge >= 0.3 is 0 Å². The predicted octanol–water partition coefficient (Wildman–Crippen LogP) is 2.00. The van der Waals surface area contributed by atoms with E-state index in [1.54, 1.807) is 0 Å². The van der Waals surface area contributed by atoms with Gasteiger partial charge in [-0.2, -0.15) is 11.8 Å². The van der Waals surface area contributed by atoms with Gasteiger partial charge in [-0.1, -0.05) is 6.07 Å². The lowest BCUT2D eigenvalue weighted by Crippen LogP contribution is -2.33. The largest absolute Gasteiger partial charge is 0.482 e. The van der Waals surface area contributed by atoms with Gasteiger partial charge in [0.25, 0.3) is 5.91 Å². The number of carbonyl (C=O) groups excluding carboxylic acids is 1. The van der Waals surface area contributed by atoms with Crippen LogP contribution in [-0.2, 0) is 11.3 Å². The molecule has 4 nitrogen and oxygen atoms in total. The molecule has 5 heteroatoms. The summed E-state index contributed by atoms with van der Waals surface area (Å²) in [7, 11) is 0. The second-order valence-electron chi connectivity index (χ2n) is 4.96. The van der Waals surface area contributed by atoms with E-state index >= 15 is 0 Å². The first-order valence-electron chi connectivity index (χ1n) is 6.68. The zero-order valence-electron chi connectivity index (χ0n) is 10.8. The summed E-state index contributed by atoms with van der Waals surface area (Å²) in [6.07, 6.45) is 2.56. The van der Waals surface area contributed by atoms with E-state index in [0.29, 0.717) is 6.04 Å². The Balaban J connectivity index is 1.61. The van der Waals surface area contributed by atoms with Gasteiger partial charge in [-0.05, 0) is 36.3 Å². The maximum Gasteiger partial charge on any atom is 0.262 e. The van der Waals surface area contributed by atoms with Gasteiger partial charge in [0.2, 0.25) is 0 Å². The summed E-state index contributed by atoms with van der Waals surface area (Å²) in [4.78, 5) is 11.3. The molecule has 102 valence electrons. The van der Waals surface area contributed by atoms with Crippen LogP contribution in [0.3, 0.4) is 0 Å². The van der Waals surface area contributed by atoms with Crippen molar-refractivity contribution in [3.63, 3.8) is 0 Å². The summed E-state index contributed by atoms with van der Waals surface area (Å²) in [6.45, 7) is 0.957. The van der Waals surface area contributed by atoms with Gasteiger partial charge in [-0.3, -0.25) is 4.79 Å². The summed E-state index contributed by atoms with van der Waals surface area (Å²) >= 11 is 2.02. The van der Waals surface area contributed by atoms with Crippen LogP contribution in [0.15, 0.2) is 18.2 Å². The topological polar surface area (TPSA) is 50.4 Å². The fraction of sp³-hybridized carbons (Fsp3) is 0.500. The number of carbonyl (C=O) groups is 1. The van der Waals surface area contributed by atoms with Crippen LogP contribution in [0.1, 0.15) is 18.4 Å². The van der Waals surface area contributed by atoms with Crippen molar-refractivity contribution in [3.8, 4) is 5.75 Å². The predicted molar refractivity (Wildman–Crippen MR) is 77.8 cm³/mol. The summed E-state index contributed by atoms with van der Waals surface area (Å²) in [6, 6.07) is 6.59. The molecule has 2 aliphatic heterocycles. The van der Waals surface area contributed by atoms with Gasteiger partial charge in [0.15, 0.2) is 6.61 Å². The molecule has 0 bridgehead atoms. The normalized spacial score (nSPS) is 22.3. The molecule has 1 fully saturated rings. The number of anilines is 1. The molecule has 1 aromatic rings. The Morgan fingerprint density at radius 3 is 3.26 bits per heavy atom. The second kappa shape index (κ2) is 5.84. The molecule has 1 amide bonds. The van der Waals surface area contributed by atoms with Crippen molar-refractivity contribution in [1.29, 1.82) is 0 Å². The molecule has 19 heavy (non-hydrogen) atoms. The number of rotatable bonds is 3. The Labute approximate surface area is 117 Å². The molecular weight excluding hydrogens is 260 g/mol. The van der Waals surface area contributed by atoms with E-state index in [9.17, 15) is 4.79 Å². The van der Waals surface area contributed by atoms with Gasteiger partial charge in [-0.15, -0.1) is 0 Å². The molecule has 2 aliphatic rings. The molecule has 1 aromatic carbocycles. The van der Waals surface area contributed by atoms with E-state index in [4.69, 9.17) is 4.74 Å². The van der Waals surface area contributed by atoms with Gasteiger partial charge in [0.1, 0.15) is 5.75 Å². The number of hydrogen-bond acceptors (Lipinski definition) is 4. The fourth-order valence-electron chi connectivity index (χ4n) is 2.40. The molecule has 3 rings (SSSR count). The minimum atomic E-state index is -0.0821. The Morgan fingerprint density at radius 2 is 2.42 bits per heavy atom. The Morgan fingerprint density at radius 1 is 1.47 bits per heavy atom. The number of thioether (sulfide) groups is 1. The van der Waals surface area contributed by atoms with Crippen molar-refractivity contribution in [3.05, 3.63) is 23.8 Å². The van der Waals surface area contributed by atoms with E-state index in [-0.39, 0.29) is 12.5 Å². The molecule has 0 aromatic heterocycles. The minimum Gasteiger partial charge on any atom is -0.482 e. The molecule has 1 atom stereocenters. The third-order valence-electron chi connectivity index (χ3n) is 3.43. The third kappa shape index (κ3) is 3.22. The molecule has 2 heterocycles. The van der Waals surface area contributed by atoms with Crippen LogP contribution in [0.2, 0.25) is 0 Å². The first-order chi connectivity index (χ1) is 9.31. The van der Waals surface area contributed by atoms with E-state index in [1.165, 1.54) is 29.9 Å². The van der Waals surface area contributed by atoms with Crippen molar-refractivity contribution >= 4 is 23.4 Å². The average molecular weight is 278 g/mol. The smallest absolute Gasteiger partial charge is 0.262 e. The maximum absolute atomic E-state index is 11.3. The lowest BCUT2D eigenvalue weighted by Gasteiger charge is -2.23. The Bertz CT molecular complexity index is 473. The van der Waals surface area contributed by atoms with Gasteiger partial charge in [0, 0.05) is 18.3 Å². The lowest BCUT2D eigenvalue weighted by molar-refractivity contribution is -0.118. The van der Waals surface area contributed by atoms with Gasteiger partial charge in [-0.25, -0.2) is 0 Å². The number of fused-ring (bicyclic) bond motifs is 1. The molecule has 0 saturated carbocycles. The number of hydrogen-bond donors (Lipinski definition) is 2. The van der Waals surface area contributed by atoms with E-state index < -0.39 is 0 Å². The van der Waals surface area contributed by atoms with Crippen LogP contribution in [0.4, 0.5) is 5.69 Å². The van der Waals surface area contributed by atoms with Crippen LogP contribution in [0, 0.1) is 0 Å². The minimum absolute atomic E-state index is 0.0821. The van der Waals surface area contributed by atoms with Crippen LogP contribution >= 0.6 is 11.8 Å². The highest BCUT2D eigenvalue weighted by atomic mass is 32.2. The summed E-state index contributed by atoms with van der Waals surface area (Å²) < 4.78 is 5.35. The van der Waals surface area contributed by atoms with Crippen LogP contribution in [-0.4, -0.2) is 30.1 Å². The average Bonchev–Trinajstić information content (AvgIpc) is 2.46. The number of ether oxygens (including phenoxy) is 1. The van der Waals surface area contributed by atoms with Crippen molar-refractivity contribution in [1.82, 2.24) is 5.32 Å². The van der Waals surface area contributed by atoms with Crippen LogP contribution in [0.5, 0.6) is 5.75 Å². The first-order valence-corrected chi connectivity index (χ1v) is 7.83. The highest BCUT2D eigenvalue weighted by Gasteiger charge is 2.17. The summed E-state index contributed by atoms with van der Waals surface area (Å²) in [5.41, 5.74) is 1.97. The van der Waals surface area contributed by atoms with Gasteiger partial charge in [0.05, 0.1) is 5.69 Å². The standard InChI is InChI=1S/C14H18N2O2S/c17-14-8-18-13-4-3-10(6-12(13)16-14)7-15-11-2-1-5-19-9-11/h3-4,6,11,15H,1-2,5,7-9H2,(H,16,17). The first kappa shape index (κ1) is 12.8. The van der Waals surface area contributed by atoms with E-state index in [2.05, 4.69) is 16.7 Å². The van der Waals surface area contributed by atoms with Crippen molar-refractivity contribution < 1.29 is 9.53 Å². The summed E-state index contributed by atoms with van der Waals surface area (Å²) in [5.74, 6) is 3.17. The van der Waals surface area contributed by atoms with Crippen molar-refractivity contribution in [2.24, 2.45) is 0 Å². The van der Waals surface area contributed by atoms with Crippen LogP contribution in [0.25, 0.3) is 0 Å². The zero-order valence-corrected chi connectivity index (χ0v) is 11.6. The number of benzene rings is 1. The number of amides is 1. The number of nitrogens with one attached hydrogen (secondary N) is 2. The van der Waals surface area contributed by atoms with Crippen molar-refractivity contribution in [2.75, 3.05) is 23.4 Å². The quantitative estimate of drug-likeness (QED) is 0.888. The van der Waals surface area contributed by atoms with Crippen LogP contribution < -0.4 is 15.4 Å². The zero-order chi connectivity index (χ0) is 13.1. The fourth-order valence-corrected chi connectivity index (χ4v) is 3.51. The Kier molecular flexibility index (Phi) is 3.94. The van der Waals surface area contributed by atoms with E-state index in [1.807, 2.05) is 23.9 Å². The highest BCUT2D eigenvalue weighted by Crippen LogP contribution is 2.28. The van der Waals surface area contributed by atoms with Gasteiger partial charge < -0.3 is 15.4 Å². The molecule has 0 radical (unpaired) electrons. The molecule has 0 spiro atoms. The molecule has 1 unspecified atom stereocenters. The summed E-state index contributed by atoms with van der Waals surface area (Å²) in [5, 5.41) is 6.42. The third-order valence-corrected chi connectivity index (χ3v) is 4.65. The highest BCUT2D eigenvalue weighted by molar-refractivity contribution is 7.99. The maximum atomic E-state index is 11.3. The van der Waals surface area contributed by atoms with E-state index in [0.717, 1.165) is 18.0 Å². The molecule has 2 N–H and O–H groups in total. The molecule has 1 saturated heterocycles. The lowest BCUT2D eigenvalue weighted by atomic mass is 10.1. The monoisotopic (exact) mass is 278 g/mol.